The third-order valence-corrected chi connectivity index (χ3v) is 6.66. The number of thiocarbonyl (C=S) groups is 1. The SMILES string of the molecule is CC(C)(C)OC(=O)N1CCC(CCNC(=O)c2ccc(NC(=S)NC(=O)c3ccc(Cl)cc3Cl)cc2)CC1. The molecule has 2 aromatic rings. The Morgan fingerprint density at radius 2 is 1.68 bits per heavy atom. The third kappa shape index (κ3) is 9.15. The van der Waals surface area contributed by atoms with Crippen LogP contribution in [-0.4, -0.2) is 53.2 Å². The van der Waals surface area contributed by atoms with Gasteiger partial charge in [0.1, 0.15) is 5.60 Å². The van der Waals surface area contributed by atoms with Crippen LogP contribution in [-0.2, 0) is 4.74 Å². The molecule has 3 rings (SSSR count). The first-order valence-electron chi connectivity index (χ1n) is 12.3. The van der Waals surface area contributed by atoms with E-state index in [0.717, 1.165) is 19.3 Å². The molecule has 0 aliphatic carbocycles. The summed E-state index contributed by atoms with van der Waals surface area (Å²) in [6.07, 6.45) is 2.35. The number of anilines is 1. The number of ether oxygens (including phenoxy) is 1. The summed E-state index contributed by atoms with van der Waals surface area (Å²) in [5.74, 6) is -0.189. The average Bonchev–Trinajstić information content (AvgIpc) is 2.83. The van der Waals surface area contributed by atoms with Crippen molar-refractivity contribution in [1.82, 2.24) is 15.5 Å². The molecule has 8 nitrogen and oxygen atoms in total. The molecule has 1 aliphatic rings. The molecule has 3 N–H and O–H groups in total. The van der Waals surface area contributed by atoms with Gasteiger partial charge in [0.15, 0.2) is 5.11 Å². The van der Waals surface area contributed by atoms with Crippen LogP contribution in [0.15, 0.2) is 42.5 Å². The molecule has 0 saturated carbocycles. The number of halogens is 2. The summed E-state index contributed by atoms with van der Waals surface area (Å²) >= 11 is 17.1. The summed E-state index contributed by atoms with van der Waals surface area (Å²) in [5, 5.41) is 9.18. The highest BCUT2D eigenvalue weighted by Gasteiger charge is 2.26. The number of carbonyl (C=O) groups excluding carboxylic acids is 3. The summed E-state index contributed by atoms with van der Waals surface area (Å²) in [7, 11) is 0. The maximum atomic E-state index is 12.5. The molecule has 1 aliphatic heterocycles. The lowest BCUT2D eigenvalue weighted by molar-refractivity contribution is 0.0181. The molecule has 3 amide bonds. The van der Waals surface area contributed by atoms with Crippen molar-refractivity contribution in [3.05, 3.63) is 63.6 Å². The van der Waals surface area contributed by atoms with E-state index in [1.165, 1.54) is 12.1 Å². The number of piperidine rings is 1. The average molecular weight is 580 g/mol. The number of benzene rings is 2. The Hall–Kier alpha value is -2.88. The van der Waals surface area contributed by atoms with Crippen molar-refractivity contribution in [1.29, 1.82) is 0 Å². The highest BCUT2D eigenvalue weighted by Crippen LogP contribution is 2.22. The van der Waals surface area contributed by atoms with Gasteiger partial charge in [-0.1, -0.05) is 23.2 Å². The van der Waals surface area contributed by atoms with Gasteiger partial charge in [0.2, 0.25) is 0 Å². The summed E-state index contributed by atoms with van der Waals surface area (Å²) in [4.78, 5) is 38.9. The van der Waals surface area contributed by atoms with E-state index < -0.39 is 11.5 Å². The lowest BCUT2D eigenvalue weighted by atomic mass is 9.94. The molecule has 0 radical (unpaired) electrons. The minimum Gasteiger partial charge on any atom is -0.444 e. The fourth-order valence-electron chi connectivity index (χ4n) is 3.93. The largest absolute Gasteiger partial charge is 0.444 e. The maximum absolute atomic E-state index is 12.5. The second-order valence-electron chi connectivity index (χ2n) is 10.1. The van der Waals surface area contributed by atoms with Gasteiger partial charge in [-0.3, -0.25) is 14.9 Å². The number of nitrogens with one attached hydrogen (secondary N) is 3. The molecule has 0 unspecified atom stereocenters. The van der Waals surface area contributed by atoms with Crippen molar-refractivity contribution in [3.8, 4) is 0 Å². The Labute approximate surface area is 238 Å². The van der Waals surface area contributed by atoms with Crippen molar-refractivity contribution < 1.29 is 19.1 Å². The molecule has 204 valence electrons. The monoisotopic (exact) mass is 578 g/mol. The van der Waals surface area contributed by atoms with Crippen LogP contribution in [0.3, 0.4) is 0 Å². The van der Waals surface area contributed by atoms with Crippen molar-refractivity contribution in [2.24, 2.45) is 5.92 Å². The molecule has 11 heteroatoms. The van der Waals surface area contributed by atoms with Crippen LogP contribution >= 0.6 is 35.4 Å². The van der Waals surface area contributed by atoms with Crippen LogP contribution in [0, 0.1) is 5.92 Å². The van der Waals surface area contributed by atoms with Gasteiger partial charge in [0.25, 0.3) is 11.8 Å². The Kier molecular flexibility index (Phi) is 10.4. The van der Waals surface area contributed by atoms with E-state index in [2.05, 4.69) is 16.0 Å². The Morgan fingerprint density at radius 1 is 1.03 bits per heavy atom. The number of likely N-dealkylation sites (tertiary alicyclic amines) is 1. The number of nitrogens with zero attached hydrogens (tertiary/aromatic N) is 1. The van der Waals surface area contributed by atoms with Crippen LogP contribution in [0.4, 0.5) is 10.5 Å². The smallest absolute Gasteiger partial charge is 0.410 e. The number of hydrogen-bond acceptors (Lipinski definition) is 5. The summed E-state index contributed by atoms with van der Waals surface area (Å²) < 4.78 is 5.44. The fourth-order valence-corrected chi connectivity index (χ4v) is 4.64. The lowest BCUT2D eigenvalue weighted by Crippen LogP contribution is -2.42. The minimum absolute atomic E-state index is 0.0935. The standard InChI is InChI=1S/C27H32Cl2N4O4S/c1-27(2,3)37-26(36)33-14-11-17(12-15-33)10-13-30-23(34)18-4-7-20(8-5-18)31-25(38)32-24(35)21-9-6-19(28)16-22(21)29/h4-9,16-17H,10-15H2,1-3H3,(H,30,34)(H2,31,32,35,38). The van der Waals surface area contributed by atoms with Gasteiger partial charge in [-0.2, -0.15) is 0 Å². The summed E-state index contributed by atoms with van der Waals surface area (Å²) in [6.45, 7) is 7.46. The van der Waals surface area contributed by atoms with E-state index >= 15 is 0 Å². The van der Waals surface area contributed by atoms with Crippen LogP contribution in [0.5, 0.6) is 0 Å². The van der Waals surface area contributed by atoms with Crippen molar-refractivity contribution in [2.75, 3.05) is 25.0 Å². The van der Waals surface area contributed by atoms with Crippen LogP contribution in [0.1, 0.15) is 60.7 Å². The molecule has 1 saturated heterocycles. The summed E-state index contributed by atoms with van der Waals surface area (Å²) in [5.41, 5.74) is 0.881. The van der Waals surface area contributed by atoms with Crippen molar-refractivity contribution in [3.63, 3.8) is 0 Å². The lowest BCUT2D eigenvalue weighted by Gasteiger charge is -2.33. The zero-order valence-electron chi connectivity index (χ0n) is 21.6. The molecule has 1 heterocycles. The van der Waals surface area contributed by atoms with Gasteiger partial charge in [-0.25, -0.2) is 4.79 Å². The molecular formula is C27H32Cl2N4O4S. The predicted molar refractivity (Wildman–Crippen MR) is 154 cm³/mol. The number of carbonyl (C=O) groups is 3. The van der Waals surface area contributed by atoms with Crippen molar-refractivity contribution in [2.45, 2.75) is 45.6 Å². The van der Waals surface area contributed by atoms with E-state index in [-0.39, 0.29) is 27.7 Å². The Balaban J connectivity index is 1.39. The second-order valence-corrected chi connectivity index (χ2v) is 11.3. The van der Waals surface area contributed by atoms with Gasteiger partial charge < -0.3 is 20.3 Å². The second kappa shape index (κ2) is 13.3. The van der Waals surface area contributed by atoms with E-state index in [0.29, 0.717) is 41.8 Å². The number of rotatable bonds is 6. The third-order valence-electron chi connectivity index (χ3n) is 5.91. The van der Waals surface area contributed by atoms with Gasteiger partial charge >= 0.3 is 6.09 Å². The normalized spacial score (nSPS) is 14.0. The predicted octanol–water partition coefficient (Wildman–Crippen LogP) is 5.89. The number of hydrogen-bond donors (Lipinski definition) is 3. The molecule has 0 atom stereocenters. The van der Waals surface area contributed by atoms with E-state index in [4.69, 9.17) is 40.2 Å². The fraction of sp³-hybridized carbons (Fsp3) is 0.407. The molecule has 1 fully saturated rings. The van der Waals surface area contributed by atoms with E-state index in [1.54, 1.807) is 35.2 Å². The zero-order valence-corrected chi connectivity index (χ0v) is 23.9. The van der Waals surface area contributed by atoms with Gasteiger partial charge in [-0.05, 0) is 101 Å². The number of amides is 3. The minimum atomic E-state index is -0.499. The molecule has 0 spiro atoms. The van der Waals surface area contributed by atoms with Gasteiger partial charge in [0, 0.05) is 35.9 Å². The van der Waals surface area contributed by atoms with E-state index in [9.17, 15) is 14.4 Å². The van der Waals surface area contributed by atoms with Crippen LogP contribution in [0.25, 0.3) is 0 Å². The summed E-state index contributed by atoms with van der Waals surface area (Å²) in [6, 6.07) is 11.3. The van der Waals surface area contributed by atoms with E-state index in [1.807, 2.05) is 20.8 Å². The zero-order chi connectivity index (χ0) is 27.9. The first-order chi connectivity index (χ1) is 17.9. The highest BCUT2D eigenvalue weighted by molar-refractivity contribution is 7.80. The quantitative estimate of drug-likeness (QED) is 0.370. The topological polar surface area (TPSA) is 99.8 Å². The Bertz CT molecular complexity index is 1180. The highest BCUT2D eigenvalue weighted by atomic mass is 35.5. The van der Waals surface area contributed by atoms with Crippen molar-refractivity contribution >= 4 is 64.1 Å². The molecule has 2 aromatic carbocycles. The first kappa shape index (κ1) is 29.7. The molecular weight excluding hydrogens is 547 g/mol. The maximum Gasteiger partial charge on any atom is 0.410 e. The first-order valence-corrected chi connectivity index (χ1v) is 13.5. The molecule has 0 bridgehead atoms. The van der Waals surface area contributed by atoms with Crippen LogP contribution in [0.2, 0.25) is 10.0 Å². The Morgan fingerprint density at radius 3 is 2.29 bits per heavy atom. The molecule has 38 heavy (non-hydrogen) atoms. The van der Waals surface area contributed by atoms with Gasteiger partial charge in [0.05, 0.1) is 10.6 Å². The van der Waals surface area contributed by atoms with Gasteiger partial charge in [-0.15, -0.1) is 0 Å². The van der Waals surface area contributed by atoms with Crippen LogP contribution < -0.4 is 16.0 Å². The molecule has 0 aromatic heterocycles.